The van der Waals surface area contributed by atoms with E-state index in [2.05, 4.69) is 47.6 Å². The zero-order chi connectivity index (χ0) is 24.2. The standard InChI is InChI=1S/C30H46O3/c1-18(17-22(31)25-27(4,5)33-25)19-11-15-30(8)21-9-10-23-26(2,3)24(32)13-14-28(23,6)20(21)12-16-29(19,30)7/h9,18-20,23,25H,10-17H2,1-8H3/t18-,19+,20+,23+,25+,28-,29+,30-/m1/s1. The summed E-state index contributed by atoms with van der Waals surface area (Å²) < 4.78 is 5.66. The number of carbonyl (C=O) groups is 2. The van der Waals surface area contributed by atoms with Crippen LogP contribution in [0.1, 0.15) is 107 Å². The van der Waals surface area contributed by atoms with Crippen molar-refractivity contribution in [2.24, 2.45) is 45.3 Å². The fourth-order valence-electron chi connectivity index (χ4n) is 9.76. The second kappa shape index (κ2) is 7.05. The number of rotatable bonds is 4. The van der Waals surface area contributed by atoms with Gasteiger partial charge in [0.15, 0.2) is 5.78 Å². The minimum Gasteiger partial charge on any atom is -0.358 e. The average Bonchev–Trinajstić information content (AvgIpc) is 3.26. The summed E-state index contributed by atoms with van der Waals surface area (Å²) in [5.41, 5.74) is 1.96. The minimum absolute atomic E-state index is 0.188. The van der Waals surface area contributed by atoms with Crippen LogP contribution < -0.4 is 0 Å². The Balaban J connectivity index is 1.41. The maximum atomic E-state index is 12.9. The molecule has 5 rings (SSSR count). The zero-order valence-electron chi connectivity index (χ0n) is 22.3. The molecule has 5 aliphatic rings. The van der Waals surface area contributed by atoms with Gasteiger partial charge in [-0.05, 0) is 92.3 Å². The first kappa shape index (κ1) is 23.8. The van der Waals surface area contributed by atoms with Gasteiger partial charge in [0.25, 0.3) is 0 Å². The summed E-state index contributed by atoms with van der Waals surface area (Å²) in [7, 11) is 0. The van der Waals surface area contributed by atoms with Crippen LogP contribution in [-0.4, -0.2) is 23.3 Å². The molecular formula is C30H46O3. The van der Waals surface area contributed by atoms with Gasteiger partial charge in [0.2, 0.25) is 0 Å². The second-order valence-corrected chi connectivity index (χ2v) is 14.3. The van der Waals surface area contributed by atoms with Crippen LogP contribution >= 0.6 is 0 Å². The third-order valence-electron chi connectivity index (χ3n) is 12.1. The largest absolute Gasteiger partial charge is 0.358 e. The van der Waals surface area contributed by atoms with Crippen LogP contribution in [0, 0.1) is 45.3 Å². The van der Waals surface area contributed by atoms with Gasteiger partial charge in [-0.3, -0.25) is 9.59 Å². The van der Waals surface area contributed by atoms with Gasteiger partial charge in [-0.25, -0.2) is 0 Å². The van der Waals surface area contributed by atoms with Crippen LogP contribution in [0.5, 0.6) is 0 Å². The maximum absolute atomic E-state index is 12.9. The smallest absolute Gasteiger partial charge is 0.164 e. The fourth-order valence-corrected chi connectivity index (χ4v) is 9.76. The van der Waals surface area contributed by atoms with Gasteiger partial charge in [-0.2, -0.15) is 0 Å². The number of allylic oxidation sites excluding steroid dienone is 2. The molecule has 0 amide bonds. The summed E-state index contributed by atoms with van der Waals surface area (Å²) in [6.07, 6.45) is 10.9. The summed E-state index contributed by atoms with van der Waals surface area (Å²) >= 11 is 0. The quantitative estimate of drug-likeness (QED) is 0.342. The second-order valence-electron chi connectivity index (χ2n) is 14.3. The molecule has 4 aliphatic carbocycles. The van der Waals surface area contributed by atoms with Crippen molar-refractivity contribution in [2.45, 2.75) is 118 Å². The first-order valence-corrected chi connectivity index (χ1v) is 13.6. The lowest BCUT2D eigenvalue weighted by Gasteiger charge is -2.63. The summed E-state index contributed by atoms with van der Waals surface area (Å²) in [4.78, 5) is 25.7. The van der Waals surface area contributed by atoms with Crippen molar-refractivity contribution >= 4 is 11.6 Å². The molecule has 0 radical (unpaired) electrons. The summed E-state index contributed by atoms with van der Waals surface area (Å²) in [6.45, 7) is 18.4. The van der Waals surface area contributed by atoms with Crippen LogP contribution in [0.2, 0.25) is 0 Å². The SMILES string of the molecule is C[C@H](CC(=O)[C@@H]1OC1(C)C)[C@@H]1CC[C@]2(C)C3=CC[C@H]4C(C)(C)C(=O)CC[C@]4(C)[C@H]3CC[C@@]12C. The molecule has 0 unspecified atom stereocenters. The lowest BCUT2D eigenvalue weighted by molar-refractivity contribution is -0.146. The number of epoxide rings is 1. The molecule has 0 aromatic rings. The number of Topliss-reactive ketones (excluding diaryl/α,β-unsaturated/α-hetero) is 2. The molecule has 0 spiro atoms. The third kappa shape index (κ3) is 3.09. The molecule has 0 aromatic heterocycles. The van der Waals surface area contributed by atoms with Crippen molar-refractivity contribution in [1.82, 2.24) is 0 Å². The number of fused-ring (bicyclic) bond motifs is 5. The topological polar surface area (TPSA) is 46.7 Å². The van der Waals surface area contributed by atoms with Crippen LogP contribution in [0.15, 0.2) is 11.6 Å². The highest BCUT2D eigenvalue weighted by Gasteiger charge is 2.65. The zero-order valence-corrected chi connectivity index (χ0v) is 22.3. The lowest BCUT2D eigenvalue weighted by atomic mass is 9.41. The van der Waals surface area contributed by atoms with Gasteiger partial charge in [-0.15, -0.1) is 0 Å². The third-order valence-corrected chi connectivity index (χ3v) is 12.1. The molecule has 0 N–H and O–H groups in total. The van der Waals surface area contributed by atoms with E-state index in [1.807, 2.05) is 13.8 Å². The van der Waals surface area contributed by atoms with Crippen LogP contribution in [-0.2, 0) is 14.3 Å². The highest BCUT2D eigenvalue weighted by molar-refractivity contribution is 5.87. The van der Waals surface area contributed by atoms with E-state index < -0.39 is 0 Å². The van der Waals surface area contributed by atoms with Crippen LogP contribution in [0.4, 0.5) is 0 Å². The van der Waals surface area contributed by atoms with E-state index in [-0.39, 0.29) is 33.4 Å². The first-order chi connectivity index (χ1) is 15.2. The van der Waals surface area contributed by atoms with E-state index in [0.717, 1.165) is 19.3 Å². The molecule has 1 aliphatic heterocycles. The molecular weight excluding hydrogens is 408 g/mol. The van der Waals surface area contributed by atoms with E-state index in [9.17, 15) is 9.59 Å². The molecule has 1 heterocycles. The fraction of sp³-hybridized carbons (Fsp3) is 0.867. The van der Waals surface area contributed by atoms with Crippen molar-refractivity contribution in [2.75, 3.05) is 0 Å². The van der Waals surface area contributed by atoms with Gasteiger partial charge < -0.3 is 4.74 Å². The Labute approximate surface area is 201 Å². The predicted octanol–water partition coefficient (Wildman–Crippen LogP) is 6.93. The number of carbonyl (C=O) groups excluding carboxylic acids is 2. The van der Waals surface area contributed by atoms with Crippen molar-refractivity contribution < 1.29 is 14.3 Å². The monoisotopic (exact) mass is 454 g/mol. The Bertz CT molecular complexity index is 912. The number of ketones is 2. The van der Waals surface area contributed by atoms with Gasteiger partial charge >= 0.3 is 0 Å². The van der Waals surface area contributed by atoms with Gasteiger partial charge in [0, 0.05) is 18.3 Å². The molecule has 3 heteroatoms. The molecule has 184 valence electrons. The van der Waals surface area contributed by atoms with Gasteiger partial charge in [0.1, 0.15) is 11.9 Å². The molecule has 33 heavy (non-hydrogen) atoms. The van der Waals surface area contributed by atoms with E-state index in [1.165, 1.54) is 25.7 Å². The maximum Gasteiger partial charge on any atom is 0.164 e. The Morgan fingerprint density at radius 3 is 2.36 bits per heavy atom. The summed E-state index contributed by atoms with van der Waals surface area (Å²) in [5.74, 6) is 2.84. The average molecular weight is 455 g/mol. The van der Waals surface area contributed by atoms with Crippen molar-refractivity contribution in [3.63, 3.8) is 0 Å². The molecule has 8 atom stereocenters. The normalized spacial score (nSPS) is 48.2. The number of hydrogen-bond acceptors (Lipinski definition) is 3. The molecule has 3 nitrogen and oxygen atoms in total. The molecule has 3 saturated carbocycles. The van der Waals surface area contributed by atoms with Crippen molar-refractivity contribution in [1.29, 1.82) is 0 Å². The predicted molar refractivity (Wildman–Crippen MR) is 132 cm³/mol. The summed E-state index contributed by atoms with van der Waals surface area (Å²) in [5, 5.41) is 0. The summed E-state index contributed by atoms with van der Waals surface area (Å²) in [6, 6.07) is 0. The molecule has 0 bridgehead atoms. The number of hydrogen-bond donors (Lipinski definition) is 0. The Morgan fingerprint density at radius 1 is 1.06 bits per heavy atom. The van der Waals surface area contributed by atoms with Crippen LogP contribution in [0.25, 0.3) is 0 Å². The highest BCUT2D eigenvalue weighted by atomic mass is 16.6. The molecule has 4 fully saturated rings. The van der Waals surface area contributed by atoms with E-state index >= 15 is 0 Å². The van der Waals surface area contributed by atoms with E-state index in [1.54, 1.807) is 5.57 Å². The Hall–Kier alpha value is -0.960. The van der Waals surface area contributed by atoms with Gasteiger partial charge in [0.05, 0.1) is 5.60 Å². The molecule has 0 aromatic carbocycles. The first-order valence-electron chi connectivity index (χ1n) is 13.6. The van der Waals surface area contributed by atoms with E-state index in [4.69, 9.17) is 4.74 Å². The minimum atomic E-state index is -0.253. The van der Waals surface area contributed by atoms with Crippen LogP contribution in [0.3, 0.4) is 0 Å². The highest BCUT2D eigenvalue weighted by Crippen LogP contribution is 2.73. The van der Waals surface area contributed by atoms with Crippen molar-refractivity contribution in [3.05, 3.63) is 11.6 Å². The Morgan fingerprint density at radius 2 is 1.73 bits per heavy atom. The van der Waals surface area contributed by atoms with E-state index in [0.29, 0.717) is 41.7 Å². The van der Waals surface area contributed by atoms with Crippen molar-refractivity contribution in [3.8, 4) is 0 Å². The Kier molecular flexibility index (Phi) is 5.08. The number of ether oxygens (including phenoxy) is 1. The van der Waals surface area contributed by atoms with Gasteiger partial charge in [-0.1, -0.05) is 53.2 Å². The lowest BCUT2D eigenvalue weighted by Crippen LogP contribution is -2.57. The molecule has 1 saturated heterocycles.